The molecule has 0 aliphatic heterocycles. The number of carboxylic acid groups (broad SMARTS) is 1. The fraction of sp³-hybridized carbons (Fsp3) is 0.294. The van der Waals surface area contributed by atoms with E-state index >= 15 is 0 Å². The minimum atomic E-state index is -0.955. The molecule has 5 heteroatoms. The van der Waals surface area contributed by atoms with Crippen molar-refractivity contribution in [3.63, 3.8) is 0 Å². The molecule has 0 saturated heterocycles. The summed E-state index contributed by atoms with van der Waals surface area (Å²) in [7, 11) is 0. The van der Waals surface area contributed by atoms with Crippen LogP contribution in [0.3, 0.4) is 0 Å². The van der Waals surface area contributed by atoms with E-state index in [9.17, 15) is 14.7 Å². The predicted molar refractivity (Wildman–Crippen MR) is 88.9 cm³/mol. The Morgan fingerprint density at radius 3 is 2.18 bits per heavy atom. The van der Waals surface area contributed by atoms with E-state index in [0.717, 1.165) is 10.4 Å². The molecule has 0 atom stereocenters. The van der Waals surface area contributed by atoms with Crippen molar-refractivity contribution in [3.8, 4) is 0 Å². The Bertz CT molecular complexity index is 714. The first kappa shape index (κ1) is 16.2. The first-order valence-corrected chi connectivity index (χ1v) is 7.81. The molecule has 0 aliphatic carbocycles. The van der Waals surface area contributed by atoms with Gasteiger partial charge in [-0.25, -0.2) is 0 Å². The lowest BCUT2D eigenvalue weighted by Crippen LogP contribution is -2.28. The van der Waals surface area contributed by atoms with Gasteiger partial charge >= 0.3 is 5.97 Å². The molecule has 0 bridgehead atoms. The number of aliphatic carboxylic acids is 1. The molecule has 0 saturated carbocycles. The smallest absolute Gasteiger partial charge is 0.313 e. The van der Waals surface area contributed by atoms with Gasteiger partial charge in [-0.05, 0) is 51.0 Å². The maximum atomic E-state index is 12.2. The summed E-state index contributed by atoms with van der Waals surface area (Å²) in [6.45, 7) is 7.22. The van der Waals surface area contributed by atoms with Gasteiger partial charge in [-0.3, -0.25) is 9.59 Å². The summed E-state index contributed by atoms with van der Waals surface area (Å²) in [6.07, 6.45) is 0. The quantitative estimate of drug-likeness (QED) is 0.896. The lowest BCUT2D eigenvalue weighted by atomic mass is 9.85. The van der Waals surface area contributed by atoms with E-state index in [1.54, 1.807) is 49.4 Å². The molecule has 22 heavy (non-hydrogen) atoms. The van der Waals surface area contributed by atoms with Gasteiger partial charge < -0.3 is 10.4 Å². The van der Waals surface area contributed by atoms with Gasteiger partial charge in [0.25, 0.3) is 5.91 Å². The minimum Gasteiger partial charge on any atom is -0.481 e. The highest BCUT2D eigenvalue weighted by Gasteiger charge is 2.29. The number of amides is 1. The number of rotatable bonds is 4. The molecular weight excluding hydrogens is 298 g/mol. The Morgan fingerprint density at radius 1 is 1.14 bits per heavy atom. The Morgan fingerprint density at radius 2 is 1.73 bits per heavy atom. The largest absolute Gasteiger partial charge is 0.481 e. The summed E-state index contributed by atoms with van der Waals surface area (Å²) < 4.78 is 0. The third-order valence-electron chi connectivity index (χ3n) is 3.93. The number of carbonyl (C=O) groups excluding carboxylic acids is 1. The van der Waals surface area contributed by atoms with Gasteiger partial charge in [-0.2, -0.15) is 0 Å². The van der Waals surface area contributed by atoms with Crippen LogP contribution >= 0.6 is 11.3 Å². The minimum absolute atomic E-state index is 0.146. The average molecular weight is 317 g/mol. The van der Waals surface area contributed by atoms with Crippen molar-refractivity contribution < 1.29 is 14.7 Å². The highest BCUT2D eigenvalue weighted by molar-refractivity contribution is 7.10. The maximum absolute atomic E-state index is 12.2. The molecule has 0 unspecified atom stereocenters. The number of nitrogens with one attached hydrogen (secondary N) is 1. The summed E-state index contributed by atoms with van der Waals surface area (Å²) >= 11 is 1.55. The van der Waals surface area contributed by atoms with Crippen LogP contribution in [0, 0.1) is 13.8 Å². The molecule has 0 radical (unpaired) electrons. The van der Waals surface area contributed by atoms with Crippen molar-refractivity contribution >= 4 is 28.9 Å². The maximum Gasteiger partial charge on any atom is 0.313 e. The lowest BCUT2D eigenvalue weighted by Gasteiger charge is -2.19. The van der Waals surface area contributed by atoms with Crippen LogP contribution in [0.25, 0.3) is 0 Å². The summed E-state index contributed by atoms with van der Waals surface area (Å²) in [4.78, 5) is 24.6. The molecule has 1 heterocycles. The van der Waals surface area contributed by atoms with Gasteiger partial charge in [0.15, 0.2) is 0 Å². The Labute approximate surface area is 133 Å². The SMILES string of the molecule is Cc1scc(C(=O)Nc2ccc(C(C)(C)C(=O)O)cc2)c1C. The highest BCUT2D eigenvalue weighted by Crippen LogP contribution is 2.26. The Hall–Kier alpha value is -2.14. The molecule has 1 amide bonds. The zero-order valence-electron chi connectivity index (χ0n) is 13.1. The Kier molecular flexibility index (Phi) is 4.37. The van der Waals surface area contributed by atoms with Crippen LogP contribution in [-0.4, -0.2) is 17.0 Å². The first-order chi connectivity index (χ1) is 10.2. The summed E-state index contributed by atoms with van der Waals surface area (Å²) in [6, 6.07) is 6.92. The number of carbonyl (C=O) groups is 2. The molecule has 1 aromatic heterocycles. The van der Waals surface area contributed by atoms with Gasteiger partial charge in [-0.15, -0.1) is 11.3 Å². The van der Waals surface area contributed by atoms with E-state index in [0.29, 0.717) is 16.8 Å². The highest BCUT2D eigenvalue weighted by atomic mass is 32.1. The number of hydrogen-bond donors (Lipinski definition) is 2. The molecule has 4 nitrogen and oxygen atoms in total. The van der Waals surface area contributed by atoms with E-state index < -0.39 is 11.4 Å². The van der Waals surface area contributed by atoms with Crippen molar-refractivity contribution in [1.82, 2.24) is 0 Å². The van der Waals surface area contributed by atoms with Crippen molar-refractivity contribution in [1.29, 1.82) is 0 Å². The number of hydrogen-bond acceptors (Lipinski definition) is 3. The van der Waals surface area contributed by atoms with Crippen molar-refractivity contribution in [2.24, 2.45) is 0 Å². The van der Waals surface area contributed by atoms with Crippen molar-refractivity contribution in [3.05, 3.63) is 51.2 Å². The zero-order chi connectivity index (χ0) is 16.5. The number of anilines is 1. The van der Waals surface area contributed by atoms with Gasteiger partial charge in [0.1, 0.15) is 0 Å². The number of aryl methyl sites for hydroxylation is 1. The third kappa shape index (κ3) is 3.04. The van der Waals surface area contributed by atoms with Crippen LogP contribution < -0.4 is 5.32 Å². The Balaban J connectivity index is 2.17. The van der Waals surface area contributed by atoms with Gasteiger partial charge in [0.05, 0.1) is 11.0 Å². The van der Waals surface area contributed by atoms with Crippen LogP contribution in [0.2, 0.25) is 0 Å². The van der Waals surface area contributed by atoms with Gasteiger partial charge in [-0.1, -0.05) is 12.1 Å². The fourth-order valence-corrected chi connectivity index (χ4v) is 2.89. The predicted octanol–water partition coefficient (Wildman–Crippen LogP) is 3.98. The second-order valence-electron chi connectivity index (χ2n) is 5.79. The zero-order valence-corrected chi connectivity index (χ0v) is 13.9. The van der Waals surface area contributed by atoms with E-state index in [-0.39, 0.29) is 5.91 Å². The average Bonchev–Trinajstić information content (AvgIpc) is 2.79. The van der Waals surface area contributed by atoms with Crippen LogP contribution in [-0.2, 0) is 10.2 Å². The molecule has 2 N–H and O–H groups in total. The second-order valence-corrected chi connectivity index (χ2v) is 6.88. The molecule has 0 aliphatic rings. The van der Waals surface area contributed by atoms with Crippen LogP contribution in [0.4, 0.5) is 5.69 Å². The normalized spacial score (nSPS) is 11.3. The van der Waals surface area contributed by atoms with Crippen molar-refractivity contribution in [2.75, 3.05) is 5.32 Å². The monoisotopic (exact) mass is 317 g/mol. The number of carboxylic acids is 1. The van der Waals surface area contributed by atoms with Gasteiger partial charge in [0.2, 0.25) is 0 Å². The number of benzene rings is 1. The van der Waals surface area contributed by atoms with E-state index in [1.807, 2.05) is 19.2 Å². The van der Waals surface area contributed by atoms with Crippen LogP contribution in [0.1, 0.15) is 40.2 Å². The van der Waals surface area contributed by atoms with Crippen LogP contribution in [0.15, 0.2) is 29.6 Å². The molecular formula is C17H19NO3S. The summed E-state index contributed by atoms with van der Waals surface area (Å²) in [5.41, 5.74) is 2.06. The first-order valence-electron chi connectivity index (χ1n) is 6.93. The standard InChI is InChI=1S/C17H19NO3S/c1-10-11(2)22-9-14(10)15(19)18-13-7-5-12(6-8-13)17(3,4)16(20)21/h5-9H,1-4H3,(H,18,19)(H,20,21). The molecule has 1 aromatic carbocycles. The fourth-order valence-electron chi connectivity index (χ4n) is 2.03. The van der Waals surface area contributed by atoms with Crippen LogP contribution in [0.5, 0.6) is 0 Å². The molecule has 0 fully saturated rings. The summed E-state index contributed by atoms with van der Waals surface area (Å²) in [5.74, 6) is -1.03. The van der Waals surface area contributed by atoms with Gasteiger partial charge in [0, 0.05) is 15.9 Å². The molecule has 116 valence electrons. The van der Waals surface area contributed by atoms with E-state index in [1.165, 1.54) is 0 Å². The molecule has 2 aromatic rings. The third-order valence-corrected chi connectivity index (χ3v) is 4.94. The molecule has 0 spiro atoms. The lowest BCUT2D eigenvalue weighted by molar-refractivity contribution is -0.142. The van der Waals surface area contributed by atoms with E-state index in [4.69, 9.17) is 0 Å². The van der Waals surface area contributed by atoms with Crippen molar-refractivity contribution in [2.45, 2.75) is 33.1 Å². The molecule has 2 rings (SSSR count). The topological polar surface area (TPSA) is 66.4 Å². The number of thiophene rings is 1. The second kappa shape index (κ2) is 5.93. The summed E-state index contributed by atoms with van der Waals surface area (Å²) in [5, 5.41) is 13.9. The van der Waals surface area contributed by atoms with E-state index in [2.05, 4.69) is 5.32 Å².